The van der Waals surface area contributed by atoms with E-state index in [1.54, 1.807) is 18.2 Å². The van der Waals surface area contributed by atoms with Crippen molar-refractivity contribution in [1.82, 2.24) is 5.32 Å². The van der Waals surface area contributed by atoms with Crippen molar-refractivity contribution >= 4 is 23.1 Å². The summed E-state index contributed by atoms with van der Waals surface area (Å²) in [5.41, 5.74) is 6.79. The number of anilines is 1. The maximum atomic E-state index is 11.9. The van der Waals surface area contributed by atoms with Gasteiger partial charge in [0.25, 0.3) is 0 Å². The van der Waals surface area contributed by atoms with E-state index in [-0.39, 0.29) is 5.78 Å². The highest BCUT2D eigenvalue weighted by molar-refractivity contribution is 6.33. The molecular formula is C14H19ClN2O. The number of Topliss-reactive ketones (excluding diaryl/α,β-unsaturated/α-hetero) is 1. The van der Waals surface area contributed by atoms with Crippen LogP contribution in [0.5, 0.6) is 0 Å². The third-order valence-electron chi connectivity index (χ3n) is 3.46. The lowest BCUT2D eigenvalue weighted by Crippen LogP contribution is -2.28. The molecule has 1 aliphatic carbocycles. The molecule has 3 N–H and O–H groups in total. The number of nitrogen functional groups attached to an aromatic ring is 1. The normalized spacial score (nSPS) is 16.1. The fourth-order valence-corrected chi connectivity index (χ4v) is 2.50. The second-order valence-corrected chi connectivity index (χ2v) is 5.25. The van der Waals surface area contributed by atoms with E-state index in [1.165, 1.54) is 25.7 Å². The van der Waals surface area contributed by atoms with Crippen molar-refractivity contribution < 1.29 is 4.79 Å². The number of hydrogen-bond acceptors (Lipinski definition) is 3. The molecule has 3 nitrogen and oxygen atoms in total. The van der Waals surface area contributed by atoms with Crippen LogP contribution < -0.4 is 11.1 Å². The molecule has 0 saturated heterocycles. The van der Waals surface area contributed by atoms with Crippen LogP contribution in [0.25, 0.3) is 0 Å². The van der Waals surface area contributed by atoms with E-state index in [0.717, 1.165) is 6.54 Å². The molecule has 1 aliphatic rings. The Balaban J connectivity index is 1.81. The summed E-state index contributed by atoms with van der Waals surface area (Å²) in [5, 5.41) is 3.93. The molecule has 1 saturated carbocycles. The summed E-state index contributed by atoms with van der Waals surface area (Å²) in [6.07, 6.45) is 5.60. The molecule has 98 valence electrons. The van der Waals surface area contributed by atoms with Crippen LogP contribution in [0.3, 0.4) is 0 Å². The lowest BCUT2D eigenvalue weighted by atomic mass is 10.1. The first kappa shape index (κ1) is 13.4. The maximum Gasteiger partial charge on any atom is 0.164 e. The largest absolute Gasteiger partial charge is 0.398 e. The molecule has 0 amide bonds. The van der Waals surface area contributed by atoms with Gasteiger partial charge in [-0.15, -0.1) is 0 Å². The predicted molar refractivity (Wildman–Crippen MR) is 75.1 cm³/mol. The van der Waals surface area contributed by atoms with Crippen molar-refractivity contribution in [2.24, 2.45) is 0 Å². The molecule has 1 fully saturated rings. The van der Waals surface area contributed by atoms with E-state index in [4.69, 9.17) is 17.3 Å². The van der Waals surface area contributed by atoms with Crippen LogP contribution in [0.2, 0.25) is 5.02 Å². The zero-order valence-corrected chi connectivity index (χ0v) is 11.2. The molecule has 0 radical (unpaired) electrons. The van der Waals surface area contributed by atoms with Gasteiger partial charge in [0.05, 0.1) is 10.7 Å². The minimum absolute atomic E-state index is 0.115. The van der Waals surface area contributed by atoms with Crippen LogP contribution in [-0.2, 0) is 0 Å². The Kier molecular flexibility index (Phi) is 4.61. The Morgan fingerprint density at radius 3 is 2.78 bits per heavy atom. The Morgan fingerprint density at radius 2 is 2.11 bits per heavy atom. The minimum atomic E-state index is 0.115. The zero-order valence-electron chi connectivity index (χ0n) is 10.4. The lowest BCUT2D eigenvalue weighted by molar-refractivity contribution is 0.0981. The minimum Gasteiger partial charge on any atom is -0.398 e. The fourth-order valence-electron chi connectivity index (χ4n) is 2.38. The lowest BCUT2D eigenvalue weighted by Gasteiger charge is -2.11. The summed E-state index contributed by atoms with van der Waals surface area (Å²) in [7, 11) is 0. The smallest absolute Gasteiger partial charge is 0.164 e. The van der Waals surface area contributed by atoms with E-state index < -0.39 is 0 Å². The molecule has 0 spiro atoms. The van der Waals surface area contributed by atoms with Crippen LogP contribution in [0.4, 0.5) is 5.69 Å². The van der Waals surface area contributed by atoms with E-state index >= 15 is 0 Å². The highest BCUT2D eigenvalue weighted by Gasteiger charge is 2.14. The van der Waals surface area contributed by atoms with E-state index in [9.17, 15) is 4.79 Å². The first-order valence-electron chi connectivity index (χ1n) is 6.48. The van der Waals surface area contributed by atoms with Crippen molar-refractivity contribution in [2.75, 3.05) is 12.3 Å². The summed E-state index contributed by atoms with van der Waals surface area (Å²) in [6.45, 7) is 0.742. The number of halogens is 1. The maximum absolute atomic E-state index is 11.9. The second kappa shape index (κ2) is 6.21. The van der Waals surface area contributed by atoms with Gasteiger partial charge in [-0.25, -0.2) is 0 Å². The third kappa shape index (κ3) is 3.47. The van der Waals surface area contributed by atoms with Gasteiger partial charge in [-0.05, 0) is 31.0 Å². The molecule has 1 aromatic rings. The second-order valence-electron chi connectivity index (χ2n) is 4.84. The van der Waals surface area contributed by atoms with Gasteiger partial charge in [0.2, 0.25) is 0 Å². The highest BCUT2D eigenvalue weighted by Crippen LogP contribution is 2.20. The molecule has 4 heteroatoms. The summed E-state index contributed by atoms with van der Waals surface area (Å²) < 4.78 is 0. The topological polar surface area (TPSA) is 55.1 Å². The van der Waals surface area contributed by atoms with Crippen molar-refractivity contribution in [1.29, 1.82) is 0 Å². The Bertz CT molecular complexity index is 428. The number of hydrogen-bond donors (Lipinski definition) is 2. The summed E-state index contributed by atoms with van der Waals surface area (Å²) >= 11 is 5.83. The van der Waals surface area contributed by atoms with E-state index in [2.05, 4.69) is 5.32 Å². The zero-order chi connectivity index (χ0) is 13.0. The summed E-state index contributed by atoms with van der Waals surface area (Å²) in [6, 6.07) is 5.67. The monoisotopic (exact) mass is 266 g/mol. The first-order valence-corrected chi connectivity index (χ1v) is 6.86. The molecule has 0 unspecified atom stereocenters. The molecule has 0 aliphatic heterocycles. The molecular weight excluding hydrogens is 248 g/mol. The van der Waals surface area contributed by atoms with Gasteiger partial charge in [0.15, 0.2) is 5.78 Å². The predicted octanol–water partition coefficient (Wildman–Crippen LogP) is 3.03. The van der Waals surface area contributed by atoms with Crippen molar-refractivity contribution in [3.63, 3.8) is 0 Å². The van der Waals surface area contributed by atoms with Crippen molar-refractivity contribution in [3.8, 4) is 0 Å². The first-order chi connectivity index (χ1) is 8.66. The molecule has 0 heterocycles. The number of rotatable bonds is 5. The van der Waals surface area contributed by atoms with Gasteiger partial charge in [0.1, 0.15) is 0 Å². The number of nitrogens with one attached hydrogen (secondary N) is 1. The molecule has 1 aromatic carbocycles. The van der Waals surface area contributed by atoms with Gasteiger partial charge >= 0.3 is 0 Å². The molecule has 0 atom stereocenters. The van der Waals surface area contributed by atoms with Crippen LogP contribution in [0.1, 0.15) is 42.5 Å². The van der Waals surface area contributed by atoms with Crippen LogP contribution >= 0.6 is 11.6 Å². The third-order valence-corrected chi connectivity index (χ3v) is 3.80. The van der Waals surface area contributed by atoms with Gasteiger partial charge < -0.3 is 11.1 Å². The van der Waals surface area contributed by atoms with E-state index in [1.807, 2.05) is 0 Å². The Labute approximate surface area is 113 Å². The number of ketones is 1. The van der Waals surface area contributed by atoms with Crippen LogP contribution in [0.15, 0.2) is 18.2 Å². The Hall–Kier alpha value is -1.06. The van der Waals surface area contributed by atoms with Gasteiger partial charge in [0, 0.05) is 24.6 Å². The van der Waals surface area contributed by atoms with Crippen molar-refractivity contribution in [2.45, 2.75) is 38.1 Å². The standard InChI is InChI=1S/C14H19ClN2O/c15-12-6-5-10(9-13(12)16)14(18)7-8-17-11-3-1-2-4-11/h5-6,9,11,17H,1-4,7-8,16H2. The number of carbonyl (C=O) groups excluding carboxylic acids is 1. The summed E-state index contributed by atoms with van der Waals surface area (Å²) in [4.78, 5) is 11.9. The number of nitrogens with two attached hydrogens (primary N) is 1. The highest BCUT2D eigenvalue weighted by atomic mass is 35.5. The average molecular weight is 267 g/mol. The summed E-state index contributed by atoms with van der Waals surface area (Å²) in [5.74, 6) is 0.115. The van der Waals surface area contributed by atoms with Gasteiger partial charge in [-0.2, -0.15) is 0 Å². The number of carbonyl (C=O) groups is 1. The van der Waals surface area contributed by atoms with Gasteiger partial charge in [-0.3, -0.25) is 4.79 Å². The fraction of sp³-hybridized carbons (Fsp3) is 0.500. The quantitative estimate of drug-likeness (QED) is 0.636. The Morgan fingerprint density at radius 1 is 1.39 bits per heavy atom. The molecule has 0 aromatic heterocycles. The SMILES string of the molecule is Nc1cc(C(=O)CCNC2CCCC2)ccc1Cl. The van der Waals surface area contributed by atoms with Gasteiger partial charge in [-0.1, -0.05) is 24.4 Å². The molecule has 0 bridgehead atoms. The number of benzene rings is 1. The van der Waals surface area contributed by atoms with Crippen LogP contribution in [-0.4, -0.2) is 18.4 Å². The van der Waals surface area contributed by atoms with Crippen LogP contribution in [0, 0.1) is 0 Å². The molecule has 18 heavy (non-hydrogen) atoms. The molecule has 2 rings (SSSR count). The average Bonchev–Trinajstić information content (AvgIpc) is 2.85. The van der Waals surface area contributed by atoms with Crippen molar-refractivity contribution in [3.05, 3.63) is 28.8 Å². The van der Waals surface area contributed by atoms with E-state index in [0.29, 0.717) is 28.7 Å².